The fourth-order valence-corrected chi connectivity index (χ4v) is 1.87. The summed E-state index contributed by atoms with van der Waals surface area (Å²) in [6.45, 7) is 2.02. The van der Waals surface area contributed by atoms with E-state index >= 15 is 0 Å². The highest BCUT2D eigenvalue weighted by Crippen LogP contribution is 2.29. The maximum Gasteiger partial charge on any atom is 0.311 e. The lowest BCUT2D eigenvalue weighted by Crippen LogP contribution is -2.23. The van der Waals surface area contributed by atoms with Crippen molar-refractivity contribution >= 4 is 11.5 Å². The molecule has 0 radical (unpaired) electrons. The summed E-state index contributed by atoms with van der Waals surface area (Å²) in [5, 5.41) is 29.8. The number of aliphatic hydroxyl groups is 2. The van der Waals surface area contributed by atoms with Crippen LogP contribution in [0.5, 0.6) is 0 Å². The van der Waals surface area contributed by atoms with Crippen molar-refractivity contribution in [2.75, 3.05) is 18.0 Å². The summed E-state index contributed by atoms with van der Waals surface area (Å²) in [7, 11) is 0. The molecule has 0 bridgehead atoms. The molecule has 2 atom stereocenters. The third-order valence-corrected chi connectivity index (χ3v) is 2.74. The molecule has 0 amide bonds. The van der Waals surface area contributed by atoms with Gasteiger partial charge in [-0.2, -0.15) is 0 Å². The zero-order valence-corrected chi connectivity index (χ0v) is 9.28. The highest BCUT2D eigenvalue weighted by atomic mass is 16.6. The molecule has 0 saturated carbocycles. The predicted molar refractivity (Wildman–Crippen MR) is 59.9 cm³/mol. The highest BCUT2D eigenvalue weighted by molar-refractivity contribution is 5.59. The number of rotatable bonds is 2. The van der Waals surface area contributed by atoms with Crippen LogP contribution < -0.4 is 4.90 Å². The van der Waals surface area contributed by atoms with Crippen molar-refractivity contribution in [1.29, 1.82) is 0 Å². The van der Waals surface area contributed by atoms with Crippen LogP contribution in [-0.4, -0.2) is 45.4 Å². The standard InChI is InChI=1S/C10H13N3O4/c1-6-2-7(13(16)17)10(11-3-6)12-4-8(14)9(15)5-12/h2-3,8-9,14-15H,4-5H2,1H3. The van der Waals surface area contributed by atoms with Crippen LogP contribution in [0.1, 0.15) is 5.56 Å². The summed E-state index contributed by atoms with van der Waals surface area (Å²) in [5.41, 5.74) is 0.590. The Morgan fingerprint density at radius 2 is 2.06 bits per heavy atom. The molecule has 2 unspecified atom stereocenters. The average Bonchev–Trinajstić information content (AvgIpc) is 2.59. The van der Waals surface area contributed by atoms with Crippen molar-refractivity contribution < 1.29 is 15.1 Å². The number of aromatic nitrogens is 1. The smallest absolute Gasteiger partial charge is 0.311 e. The van der Waals surface area contributed by atoms with E-state index in [2.05, 4.69) is 4.98 Å². The SMILES string of the molecule is Cc1cnc(N2CC(O)C(O)C2)c([N+](=O)[O-])c1. The fourth-order valence-electron chi connectivity index (χ4n) is 1.87. The normalized spacial score (nSPS) is 24.1. The van der Waals surface area contributed by atoms with Crippen molar-refractivity contribution in [3.8, 4) is 0 Å². The quantitative estimate of drug-likeness (QED) is 0.549. The van der Waals surface area contributed by atoms with E-state index in [1.165, 1.54) is 17.2 Å². The number of hydrogen-bond donors (Lipinski definition) is 2. The van der Waals surface area contributed by atoms with E-state index in [9.17, 15) is 20.3 Å². The van der Waals surface area contributed by atoms with Crippen molar-refractivity contribution in [3.63, 3.8) is 0 Å². The van der Waals surface area contributed by atoms with Crippen molar-refractivity contribution in [2.24, 2.45) is 0 Å². The second-order valence-corrected chi connectivity index (χ2v) is 4.15. The fraction of sp³-hybridized carbons (Fsp3) is 0.500. The van der Waals surface area contributed by atoms with Crippen LogP contribution in [0.2, 0.25) is 0 Å². The number of nitrogens with zero attached hydrogens (tertiary/aromatic N) is 3. The lowest BCUT2D eigenvalue weighted by molar-refractivity contribution is -0.384. The minimum Gasteiger partial charge on any atom is -0.389 e. The Morgan fingerprint density at radius 1 is 1.47 bits per heavy atom. The van der Waals surface area contributed by atoms with Gasteiger partial charge in [0.15, 0.2) is 0 Å². The van der Waals surface area contributed by atoms with Crippen LogP contribution in [0.15, 0.2) is 12.3 Å². The average molecular weight is 239 g/mol. The van der Waals surface area contributed by atoms with E-state index in [0.29, 0.717) is 5.56 Å². The molecule has 1 aromatic rings. The van der Waals surface area contributed by atoms with Crippen molar-refractivity contribution in [1.82, 2.24) is 4.98 Å². The summed E-state index contributed by atoms with van der Waals surface area (Å²) in [4.78, 5) is 15.9. The molecular formula is C10H13N3O4. The van der Waals surface area contributed by atoms with Gasteiger partial charge >= 0.3 is 5.69 Å². The Hall–Kier alpha value is -1.73. The van der Waals surface area contributed by atoms with Gasteiger partial charge < -0.3 is 15.1 Å². The molecule has 1 fully saturated rings. The molecule has 2 N–H and O–H groups in total. The predicted octanol–water partition coefficient (Wildman–Crippen LogP) is -0.160. The molecule has 92 valence electrons. The number of β-amino-alcohol motifs (C(OH)–C–C–N with tert-alkyl or cyclic N) is 2. The first kappa shape index (κ1) is 11.7. The molecule has 2 heterocycles. The van der Waals surface area contributed by atoms with E-state index in [0.717, 1.165) is 0 Å². The van der Waals surface area contributed by atoms with Gasteiger partial charge in [-0.05, 0) is 12.5 Å². The molecule has 0 aromatic carbocycles. The van der Waals surface area contributed by atoms with Gasteiger partial charge in [-0.1, -0.05) is 0 Å². The first-order chi connectivity index (χ1) is 7.99. The number of aryl methyl sites for hydroxylation is 1. The molecule has 17 heavy (non-hydrogen) atoms. The molecule has 1 aliphatic rings. The highest BCUT2D eigenvalue weighted by Gasteiger charge is 2.33. The van der Waals surface area contributed by atoms with Gasteiger partial charge in [0.25, 0.3) is 0 Å². The number of anilines is 1. The summed E-state index contributed by atoms with van der Waals surface area (Å²) in [5.74, 6) is 0.191. The van der Waals surface area contributed by atoms with Crippen LogP contribution in [0, 0.1) is 17.0 Å². The van der Waals surface area contributed by atoms with Crippen LogP contribution >= 0.6 is 0 Å². The third-order valence-electron chi connectivity index (χ3n) is 2.74. The Balaban J connectivity index is 2.36. The maximum atomic E-state index is 10.9. The molecule has 7 heteroatoms. The molecule has 0 aliphatic carbocycles. The number of aliphatic hydroxyl groups excluding tert-OH is 2. The lowest BCUT2D eigenvalue weighted by atomic mass is 10.3. The number of nitro groups is 1. The van der Waals surface area contributed by atoms with E-state index in [1.807, 2.05) is 0 Å². The van der Waals surface area contributed by atoms with Gasteiger partial charge in [-0.25, -0.2) is 4.98 Å². The van der Waals surface area contributed by atoms with Gasteiger partial charge in [0.05, 0.1) is 17.1 Å². The van der Waals surface area contributed by atoms with Crippen LogP contribution in [0.25, 0.3) is 0 Å². The minimum atomic E-state index is -0.891. The van der Waals surface area contributed by atoms with E-state index < -0.39 is 17.1 Å². The second-order valence-electron chi connectivity index (χ2n) is 4.15. The van der Waals surface area contributed by atoms with Crippen molar-refractivity contribution in [2.45, 2.75) is 19.1 Å². The van der Waals surface area contributed by atoms with Crippen LogP contribution in [0.4, 0.5) is 11.5 Å². The van der Waals surface area contributed by atoms with Gasteiger partial charge in [0.2, 0.25) is 5.82 Å². The van der Waals surface area contributed by atoms with E-state index in [1.54, 1.807) is 6.92 Å². The van der Waals surface area contributed by atoms with E-state index in [4.69, 9.17) is 0 Å². The Kier molecular flexibility index (Phi) is 2.95. The Labute approximate surface area is 97.5 Å². The molecule has 7 nitrogen and oxygen atoms in total. The Morgan fingerprint density at radius 3 is 2.59 bits per heavy atom. The minimum absolute atomic E-state index is 0.105. The van der Waals surface area contributed by atoms with Gasteiger partial charge in [-0.3, -0.25) is 10.1 Å². The van der Waals surface area contributed by atoms with Crippen molar-refractivity contribution in [3.05, 3.63) is 27.9 Å². The topological polar surface area (TPSA) is 99.7 Å². The largest absolute Gasteiger partial charge is 0.389 e. The monoisotopic (exact) mass is 239 g/mol. The zero-order valence-electron chi connectivity index (χ0n) is 9.28. The molecular weight excluding hydrogens is 226 g/mol. The third kappa shape index (κ3) is 2.20. The second kappa shape index (κ2) is 4.27. The summed E-state index contributed by atoms with van der Waals surface area (Å²) in [6.07, 6.45) is -0.255. The molecule has 1 aliphatic heterocycles. The first-order valence-corrected chi connectivity index (χ1v) is 5.21. The first-order valence-electron chi connectivity index (χ1n) is 5.21. The van der Waals surface area contributed by atoms with Gasteiger partial charge in [0.1, 0.15) is 0 Å². The van der Waals surface area contributed by atoms with E-state index in [-0.39, 0.29) is 24.6 Å². The molecule has 1 aromatic heterocycles. The van der Waals surface area contributed by atoms with Crippen LogP contribution in [0.3, 0.4) is 0 Å². The summed E-state index contributed by atoms with van der Waals surface area (Å²) >= 11 is 0. The lowest BCUT2D eigenvalue weighted by Gasteiger charge is -2.16. The zero-order chi connectivity index (χ0) is 12.6. The van der Waals surface area contributed by atoms with Crippen LogP contribution in [-0.2, 0) is 0 Å². The van der Waals surface area contributed by atoms with Gasteiger partial charge in [0, 0.05) is 25.4 Å². The van der Waals surface area contributed by atoms with Gasteiger partial charge in [-0.15, -0.1) is 0 Å². The number of hydrogen-bond acceptors (Lipinski definition) is 6. The molecule has 0 spiro atoms. The molecule has 1 saturated heterocycles. The summed E-state index contributed by atoms with van der Waals surface area (Å²) < 4.78 is 0. The molecule has 2 rings (SSSR count). The number of pyridine rings is 1. The summed E-state index contributed by atoms with van der Waals surface area (Å²) in [6, 6.07) is 1.43. The Bertz CT molecular complexity index is 441. The maximum absolute atomic E-state index is 10.9.